The van der Waals surface area contributed by atoms with Crippen LogP contribution in [-0.2, 0) is 4.79 Å². The van der Waals surface area contributed by atoms with Crippen molar-refractivity contribution in [3.8, 4) is 5.75 Å². The van der Waals surface area contributed by atoms with Crippen LogP contribution in [0.25, 0.3) is 0 Å². The number of amides is 1. The predicted octanol–water partition coefficient (Wildman–Crippen LogP) is 4.39. The van der Waals surface area contributed by atoms with E-state index in [0.29, 0.717) is 6.29 Å². The van der Waals surface area contributed by atoms with Crippen LogP contribution >= 0.6 is 34.8 Å². The molecular weight excluding hydrogens is 395 g/mol. The molecule has 0 saturated carbocycles. The molecule has 0 bridgehead atoms. The van der Waals surface area contributed by atoms with Gasteiger partial charge in [-0.1, -0.05) is 34.8 Å². The van der Waals surface area contributed by atoms with Crippen molar-refractivity contribution < 1.29 is 19.2 Å². The van der Waals surface area contributed by atoms with Crippen LogP contribution in [0.3, 0.4) is 0 Å². The molecule has 2 aromatic carbocycles. The first-order chi connectivity index (χ1) is 11.8. The minimum absolute atomic E-state index is 0.117. The number of carbonyl (C=O) groups is 2. The Kier molecular flexibility index (Phi) is 6.19. The minimum Gasteiger partial charge on any atom is -0.477 e. The van der Waals surface area contributed by atoms with E-state index in [4.69, 9.17) is 39.5 Å². The summed E-state index contributed by atoms with van der Waals surface area (Å²) in [5.74, 6) is -0.764. The van der Waals surface area contributed by atoms with E-state index in [1.165, 1.54) is 24.3 Å². The zero-order valence-corrected chi connectivity index (χ0v) is 14.6. The molecule has 2 aromatic rings. The molecule has 0 aromatic heterocycles. The number of carbonyl (C=O) groups excluding carboxylic acids is 2. The first kappa shape index (κ1) is 19.0. The summed E-state index contributed by atoms with van der Waals surface area (Å²) in [4.78, 5) is 32.9. The maximum absolute atomic E-state index is 11.9. The molecule has 0 spiro atoms. The van der Waals surface area contributed by atoms with Gasteiger partial charge in [0.2, 0.25) is 0 Å². The smallest absolute Gasteiger partial charge is 0.311 e. The van der Waals surface area contributed by atoms with Gasteiger partial charge >= 0.3 is 5.69 Å². The standard InChI is InChI=1S/C15H9Cl3N2O5/c16-9-4-11(18)12(5-10(9)17)19-15(22)7-25-14-2-1-8(6-21)3-13(14)20(23)24/h1-6H,7H2,(H,19,22). The number of nitrogens with one attached hydrogen (secondary N) is 1. The van der Waals surface area contributed by atoms with Gasteiger partial charge in [0.25, 0.3) is 5.91 Å². The van der Waals surface area contributed by atoms with E-state index in [9.17, 15) is 19.7 Å². The van der Waals surface area contributed by atoms with Crippen molar-refractivity contribution in [1.29, 1.82) is 0 Å². The third-order valence-corrected chi connectivity index (χ3v) is 3.99. The van der Waals surface area contributed by atoms with Crippen molar-refractivity contribution in [3.05, 3.63) is 61.1 Å². The van der Waals surface area contributed by atoms with Gasteiger partial charge in [0, 0.05) is 11.6 Å². The second-order valence-corrected chi connectivity index (χ2v) is 5.91. The zero-order chi connectivity index (χ0) is 18.6. The highest BCUT2D eigenvalue weighted by Gasteiger charge is 2.17. The van der Waals surface area contributed by atoms with Gasteiger partial charge in [0.1, 0.15) is 6.29 Å². The van der Waals surface area contributed by atoms with Gasteiger partial charge in [0.05, 0.1) is 25.7 Å². The molecule has 0 saturated heterocycles. The number of nitro benzene ring substituents is 1. The lowest BCUT2D eigenvalue weighted by atomic mass is 10.2. The van der Waals surface area contributed by atoms with Crippen LogP contribution in [0.5, 0.6) is 5.75 Å². The van der Waals surface area contributed by atoms with Gasteiger partial charge in [-0.2, -0.15) is 0 Å². The fourth-order valence-electron chi connectivity index (χ4n) is 1.82. The molecule has 0 aliphatic rings. The molecular formula is C15H9Cl3N2O5. The summed E-state index contributed by atoms with van der Waals surface area (Å²) in [6, 6.07) is 6.36. The first-order valence-electron chi connectivity index (χ1n) is 6.62. The van der Waals surface area contributed by atoms with Crippen LogP contribution in [0.1, 0.15) is 10.4 Å². The Morgan fingerprint density at radius 2 is 1.84 bits per heavy atom. The summed E-state index contributed by atoms with van der Waals surface area (Å²) in [6.07, 6.45) is 0.468. The summed E-state index contributed by atoms with van der Waals surface area (Å²) < 4.78 is 5.15. The Bertz CT molecular complexity index is 857. The highest BCUT2D eigenvalue weighted by Crippen LogP contribution is 2.32. The number of aldehydes is 1. The summed E-state index contributed by atoms with van der Waals surface area (Å²) in [6.45, 7) is -0.516. The normalized spacial score (nSPS) is 10.2. The van der Waals surface area contributed by atoms with E-state index in [-0.39, 0.29) is 32.1 Å². The lowest BCUT2D eigenvalue weighted by Crippen LogP contribution is -2.20. The van der Waals surface area contributed by atoms with Crippen LogP contribution in [0.4, 0.5) is 11.4 Å². The average Bonchev–Trinajstić information content (AvgIpc) is 2.57. The number of nitro groups is 1. The Balaban J connectivity index is 2.09. The lowest BCUT2D eigenvalue weighted by Gasteiger charge is -2.10. The topological polar surface area (TPSA) is 98.5 Å². The molecule has 0 aliphatic heterocycles. The minimum atomic E-state index is -0.712. The van der Waals surface area contributed by atoms with Gasteiger partial charge < -0.3 is 10.1 Å². The van der Waals surface area contributed by atoms with Crippen molar-refractivity contribution >= 4 is 58.4 Å². The highest BCUT2D eigenvalue weighted by atomic mass is 35.5. The molecule has 0 unspecified atom stereocenters. The van der Waals surface area contributed by atoms with E-state index in [2.05, 4.69) is 5.32 Å². The summed E-state index contributed by atoms with van der Waals surface area (Å²) in [5.41, 5.74) is -0.0912. The quantitative estimate of drug-likeness (QED) is 0.334. The number of rotatable bonds is 6. The third kappa shape index (κ3) is 4.82. The number of hydrogen-bond donors (Lipinski definition) is 1. The molecule has 2 rings (SSSR count). The van der Waals surface area contributed by atoms with E-state index in [1.54, 1.807) is 0 Å². The van der Waals surface area contributed by atoms with Crippen molar-refractivity contribution in [2.75, 3.05) is 11.9 Å². The largest absolute Gasteiger partial charge is 0.477 e. The SMILES string of the molecule is O=Cc1ccc(OCC(=O)Nc2cc(Cl)c(Cl)cc2Cl)c([N+](=O)[O-])c1. The summed E-state index contributed by atoms with van der Waals surface area (Å²) in [7, 11) is 0. The van der Waals surface area contributed by atoms with Crippen LogP contribution < -0.4 is 10.1 Å². The van der Waals surface area contributed by atoms with Crippen molar-refractivity contribution in [1.82, 2.24) is 0 Å². The Morgan fingerprint density at radius 1 is 1.16 bits per heavy atom. The number of benzene rings is 2. The van der Waals surface area contributed by atoms with Gasteiger partial charge in [-0.15, -0.1) is 0 Å². The molecule has 1 amide bonds. The van der Waals surface area contributed by atoms with Crippen LogP contribution in [-0.4, -0.2) is 23.7 Å². The van der Waals surface area contributed by atoms with Crippen molar-refractivity contribution in [3.63, 3.8) is 0 Å². The van der Waals surface area contributed by atoms with Gasteiger partial charge in [-0.05, 0) is 24.3 Å². The predicted molar refractivity (Wildman–Crippen MR) is 94.1 cm³/mol. The van der Waals surface area contributed by atoms with E-state index < -0.39 is 23.1 Å². The number of hydrogen-bond acceptors (Lipinski definition) is 5. The molecule has 0 heterocycles. The molecule has 25 heavy (non-hydrogen) atoms. The van der Waals surface area contributed by atoms with Crippen LogP contribution in [0.15, 0.2) is 30.3 Å². The van der Waals surface area contributed by atoms with Gasteiger partial charge in [0.15, 0.2) is 12.4 Å². The Hall–Kier alpha value is -2.35. The second-order valence-electron chi connectivity index (χ2n) is 4.69. The number of nitrogens with zero attached hydrogens (tertiary/aromatic N) is 1. The molecule has 1 N–H and O–H groups in total. The molecule has 7 nitrogen and oxygen atoms in total. The monoisotopic (exact) mass is 402 g/mol. The van der Waals surface area contributed by atoms with Gasteiger partial charge in [-0.25, -0.2) is 0 Å². The lowest BCUT2D eigenvalue weighted by molar-refractivity contribution is -0.385. The second kappa shape index (κ2) is 8.15. The number of halogens is 3. The fourth-order valence-corrected chi connectivity index (χ4v) is 2.41. The van der Waals surface area contributed by atoms with Crippen molar-refractivity contribution in [2.24, 2.45) is 0 Å². The number of anilines is 1. The maximum Gasteiger partial charge on any atom is 0.311 e. The maximum atomic E-state index is 11.9. The Labute approximate surface area is 156 Å². The third-order valence-electron chi connectivity index (χ3n) is 2.96. The summed E-state index contributed by atoms with van der Waals surface area (Å²) >= 11 is 17.6. The molecule has 0 fully saturated rings. The number of ether oxygens (including phenoxy) is 1. The Morgan fingerprint density at radius 3 is 2.48 bits per heavy atom. The first-order valence-corrected chi connectivity index (χ1v) is 7.76. The molecule has 0 atom stereocenters. The van der Waals surface area contributed by atoms with Crippen LogP contribution in [0, 0.1) is 10.1 Å². The average molecular weight is 404 g/mol. The molecule has 130 valence electrons. The highest BCUT2D eigenvalue weighted by molar-refractivity contribution is 6.44. The zero-order valence-electron chi connectivity index (χ0n) is 12.3. The molecule has 0 aliphatic carbocycles. The van der Waals surface area contributed by atoms with Crippen LogP contribution in [0.2, 0.25) is 15.1 Å². The summed E-state index contributed by atoms with van der Waals surface area (Å²) in [5, 5.41) is 14.1. The van der Waals surface area contributed by atoms with E-state index in [1.807, 2.05) is 0 Å². The van der Waals surface area contributed by atoms with E-state index in [0.717, 1.165) is 6.07 Å². The molecule has 0 radical (unpaired) electrons. The molecule has 10 heteroatoms. The van der Waals surface area contributed by atoms with Gasteiger partial charge in [-0.3, -0.25) is 19.7 Å². The van der Waals surface area contributed by atoms with E-state index >= 15 is 0 Å². The fraction of sp³-hybridized carbons (Fsp3) is 0.0667. The van der Waals surface area contributed by atoms with Crippen molar-refractivity contribution in [2.45, 2.75) is 0 Å².